The highest BCUT2D eigenvalue weighted by Gasteiger charge is 2.40. The monoisotopic (exact) mass is 439 g/mol. The van der Waals surface area contributed by atoms with E-state index in [0.29, 0.717) is 22.5 Å². The molecule has 0 fully saturated rings. The molecule has 0 aromatic heterocycles. The van der Waals surface area contributed by atoms with E-state index in [4.69, 9.17) is 0 Å². The van der Waals surface area contributed by atoms with E-state index in [1.165, 1.54) is 4.90 Å². The summed E-state index contributed by atoms with van der Waals surface area (Å²) >= 11 is 0. The molecule has 3 aromatic carbocycles. The number of nitrogens with one attached hydrogen (secondary N) is 1. The van der Waals surface area contributed by atoms with Crippen molar-refractivity contribution in [2.75, 3.05) is 28.2 Å². The van der Waals surface area contributed by atoms with Gasteiger partial charge in [-0.25, -0.2) is 4.90 Å². The zero-order valence-corrected chi connectivity index (χ0v) is 19.6. The van der Waals surface area contributed by atoms with Crippen LogP contribution >= 0.6 is 0 Å². The highest BCUT2D eigenvalue weighted by molar-refractivity contribution is 6.46. The van der Waals surface area contributed by atoms with E-state index in [9.17, 15) is 9.59 Å². The van der Waals surface area contributed by atoms with Gasteiger partial charge < -0.3 is 10.2 Å². The standard InChI is InChI=1S/C28H29N3O2/c1-5-30(6-2)23-12-14-24(15-13-23)31-27(32)25(21-10-8-7-9-11-21)26(28(31)33)29-22-17-19(3)16-20(4)18-22/h7-18,29H,5-6H2,1-4H3. The van der Waals surface area contributed by atoms with E-state index in [-0.39, 0.29) is 11.8 Å². The van der Waals surface area contributed by atoms with E-state index in [2.05, 4.69) is 30.1 Å². The van der Waals surface area contributed by atoms with Crippen LogP contribution in [0.1, 0.15) is 30.5 Å². The van der Waals surface area contributed by atoms with Crippen LogP contribution in [0.3, 0.4) is 0 Å². The molecule has 0 aliphatic carbocycles. The van der Waals surface area contributed by atoms with Gasteiger partial charge in [-0.05, 0) is 80.8 Å². The number of benzene rings is 3. The van der Waals surface area contributed by atoms with Crippen LogP contribution < -0.4 is 15.1 Å². The molecule has 33 heavy (non-hydrogen) atoms. The average Bonchev–Trinajstić information content (AvgIpc) is 3.04. The maximum Gasteiger partial charge on any atom is 0.282 e. The lowest BCUT2D eigenvalue weighted by Gasteiger charge is -2.22. The largest absolute Gasteiger partial charge is 0.372 e. The zero-order chi connectivity index (χ0) is 23.5. The van der Waals surface area contributed by atoms with E-state index >= 15 is 0 Å². The van der Waals surface area contributed by atoms with Crippen LogP contribution in [-0.2, 0) is 9.59 Å². The van der Waals surface area contributed by atoms with Crippen molar-refractivity contribution < 1.29 is 9.59 Å². The van der Waals surface area contributed by atoms with Gasteiger partial charge in [0.2, 0.25) is 0 Å². The number of aryl methyl sites for hydroxylation is 2. The van der Waals surface area contributed by atoms with E-state index in [1.807, 2.05) is 80.6 Å². The average molecular weight is 440 g/mol. The van der Waals surface area contributed by atoms with Gasteiger partial charge in [-0.2, -0.15) is 0 Å². The van der Waals surface area contributed by atoms with Crippen molar-refractivity contribution in [2.45, 2.75) is 27.7 Å². The summed E-state index contributed by atoms with van der Waals surface area (Å²) in [5.74, 6) is -0.678. The number of imide groups is 1. The zero-order valence-electron chi connectivity index (χ0n) is 19.6. The molecule has 1 aliphatic heterocycles. The maximum atomic E-state index is 13.6. The van der Waals surface area contributed by atoms with Gasteiger partial charge in [0.25, 0.3) is 11.8 Å². The number of amides is 2. The number of carbonyl (C=O) groups excluding carboxylic acids is 2. The molecule has 0 bridgehead atoms. The Kier molecular flexibility index (Phi) is 6.31. The molecule has 2 amide bonds. The molecule has 0 saturated heterocycles. The van der Waals surface area contributed by atoms with Crippen LogP contribution in [0.5, 0.6) is 0 Å². The molecule has 5 nitrogen and oxygen atoms in total. The van der Waals surface area contributed by atoms with E-state index in [1.54, 1.807) is 0 Å². The van der Waals surface area contributed by atoms with Gasteiger partial charge in [-0.1, -0.05) is 36.4 Å². The minimum Gasteiger partial charge on any atom is -0.372 e. The number of hydrogen-bond acceptors (Lipinski definition) is 4. The molecule has 1 N–H and O–H groups in total. The molecule has 0 saturated carbocycles. The molecule has 5 heteroatoms. The summed E-state index contributed by atoms with van der Waals surface area (Å²) in [6.45, 7) is 10.0. The Morgan fingerprint density at radius 3 is 1.97 bits per heavy atom. The summed E-state index contributed by atoms with van der Waals surface area (Å²) in [5.41, 5.74) is 5.97. The minimum atomic E-state index is -0.353. The Morgan fingerprint density at radius 1 is 0.788 bits per heavy atom. The lowest BCUT2D eigenvalue weighted by atomic mass is 10.0. The lowest BCUT2D eigenvalue weighted by Crippen LogP contribution is -2.32. The van der Waals surface area contributed by atoms with Crippen molar-refractivity contribution in [2.24, 2.45) is 0 Å². The van der Waals surface area contributed by atoms with Gasteiger partial charge in [-0.3, -0.25) is 9.59 Å². The third kappa shape index (κ3) is 4.40. The number of rotatable bonds is 7. The van der Waals surface area contributed by atoms with Crippen molar-refractivity contribution in [3.05, 3.63) is 95.2 Å². The Balaban J connectivity index is 1.75. The first-order valence-corrected chi connectivity index (χ1v) is 11.3. The van der Waals surface area contributed by atoms with Gasteiger partial charge >= 0.3 is 0 Å². The molecular weight excluding hydrogens is 410 g/mol. The van der Waals surface area contributed by atoms with Crippen molar-refractivity contribution >= 4 is 34.4 Å². The van der Waals surface area contributed by atoms with Crippen LogP contribution in [0.25, 0.3) is 5.57 Å². The summed E-state index contributed by atoms with van der Waals surface area (Å²) in [6.07, 6.45) is 0. The highest BCUT2D eigenvalue weighted by atomic mass is 16.2. The molecule has 1 heterocycles. The van der Waals surface area contributed by atoms with Gasteiger partial charge in [0.1, 0.15) is 5.70 Å². The molecule has 168 valence electrons. The Labute approximate surface area is 195 Å². The van der Waals surface area contributed by atoms with Gasteiger partial charge in [0.05, 0.1) is 11.3 Å². The smallest absolute Gasteiger partial charge is 0.282 e. The predicted octanol–water partition coefficient (Wildman–Crippen LogP) is 5.55. The second-order valence-corrected chi connectivity index (χ2v) is 8.25. The third-order valence-electron chi connectivity index (χ3n) is 5.87. The number of anilines is 3. The predicted molar refractivity (Wildman–Crippen MR) is 135 cm³/mol. The van der Waals surface area contributed by atoms with Crippen LogP contribution in [0, 0.1) is 13.8 Å². The van der Waals surface area contributed by atoms with E-state index < -0.39 is 0 Å². The van der Waals surface area contributed by atoms with Crippen molar-refractivity contribution in [3.8, 4) is 0 Å². The maximum absolute atomic E-state index is 13.6. The fourth-order valence-electron chi connectivity index (χ4n) is 4.35. The first kappa shape index (κ1) is 22.3. The van der Waals surface area contributed by atoms with Crippen molar-refractivity contribution in [1.29, 1.82) is 0 Å². The Morgan fingerprint density at radius 2 is 1.39 bits per heavy atom. The molecular formula is C28H29N3O2. The molecule has 0 atom stereocenters. The molecule has 0 spiro atoms. The van der Waals surface area contributed by atoms with Crippen LogP contribution in [-0.4, -0.2) is 24.9 Å². The molecule has 4 rings (SSSR count). The third-order valence-corrected chi connectivity index (χ3v) is 5.87. The normalized spacial score (nSPS) is 13.6. The SMILES string of the molecule is CCN(CC)c1ccc(N2C(=O)C(Nc3cc(C)cc(C)c3)=C(c3ccccc3)C2=O)cc1. The lowest BCUT2D eigenvalue weighted by molar-refractivity contribution is -0.120. The highest BCUT2D eigenvalue weighted by Crippen LogP contribution is 2.34. The summed E-state index contributed by atoms with van der Waals surface area (Å²) in [7, 11) is 0. The molecule has 3 aromatic rings. The summed E-state index contributed by atoms with van der Waals surface area (Å²) < 4.78 is 0. The fraction of sp³-hybridized carbons (Fsp3) is 0.214. The minimum absolute atomic E-state index is 0.295. The number of hydrogen-bond donors (Lipinski definition) is 1. The van der Waals surface area contributed by atoms with Crippen molar-refractivity contribution in [1.82, 2.24) is 0 Å². The van der Waals surface area contributed by atoms with Crippen LogP contribution in [0.2, 0.25) is 0 Å². The quantitative estimate of drug-likeness (QED) is 0.491. The summed E-state index contributed by atoms with van der Waals surface area (Å²) in [5, 5.41) is 3.26. The topological polar surface area (TPSA) is 52.6 Å². The number of nitrogens with zero attached hydrogens (tertiary/aromatic N) is 2. The Hall–Kier alpha value is -3.86. The number of carbonyl (C=O) groups is 2. The Bertz CT molecular complexity index is 1190. The molecule has 1 aliphatic rings. The van der Waals surface area contributed by atoms with E-state index in [0.717, 1.165) is 35.6 Å². The molecule has 0 radical (unpaired) electrons. The van der Waals surface area contributed by atoms with Gasteiger partial charge in [0, 0.05) is 24.5 Å². The second-order valence-electron chi connectivity index (χ2n) is 8.25. The van der Waals surface area contributed by atoms with Crippen LogP contribution in [0.4, 0.5) is 17.1 Å². The molecule has 0 unspecified atom stereocenters. The second kappa shape index (κ2) is 9.33. The first-order valence-electron chi connectivity index (χ1n) is 11.3. The van der Waals surface area contributed by atoms with Gasteiger partial charge in [0.15, 0.2) is 0 Å². The fourth-order valence-corrected chi connectivity index (χ4v) is 4.35. The summed E-state index contributed by atoms with van der Waals surface area (Å²) in [6, 6.07) is 23.0. The van der Waals surface area contributed by atoms with Gasteiger partial charge in [-0.15, -0.1) is 0 Å². The summed E-state index contributed by atoms with van der Waals surface area (Å²) in [4.78, 5) is 30.6. The van der Waals surface area contributed by atoms with Crippen molar-refractivity contribution in [3.63, 3.8) is 0 Å². The van der Waals surface area contributed by atoms with Crippen LogP contribution in [0.15, 0.2) is 78.5 Å². The first-order chi connectivity index (χ1) is 15.9.